The molecular formula is C33H26N6O2. The maximum absolute atomic E-state index is 12.6. The van der Waals surface area contributed by atoms with Crippen molar-refractivity contribution in [2.45, 2.75) is 12.5 Å². The Hall–Kier alpha value is -5.50. The number of aromatic nitrogens is 5. The number of hydrogen-bond donors (Lipinski definition) is 0. The Morgan fingerprint density at radius 1 is 0.902 bits per heavy atom. The minimum Gasteiger partial charge on any atom is -0.440 e. The van der Waals surface area contributed by atoms with Gasteiger partial charge in [0.1, 0.15) is 23.8 Å². The lowest BCUT2D eigenvalue weighted by molar-refractivity contribution is -0.108. The number of fused-ring (bicyclic) bond motifs is 2. The molecule has 200 valence electrons. The van der Waals surface area contributed by atoms with Crippen LogP contribution in [0.1, 0.15) is 17.6 Å². The van der Waals surface area contributed by atoms with Crippen LogP contribution in [-0.4, -0.2) is 30.5 Å². The van der Waals surface area contributed by atoms with E-state index in [1.807, 2.05) is 90.9 Å². The SMILES string of the molecule is Cn1c(-c2ccc(-n3cnc4ccccc43)cc2)cnc1[C@H](Cc1ccccn1)N(C=O)c1cc2ccccc2o1. The minimum atomic E-state index is -0.446. The van der Waals surface area contributed by atoms with Gasteiger partial charge in [-0.25, -0.2) is 9.97 Å². The Balaban J connectivity index is 1.26. The fraction of sp³-hybridized carbons (Fsp3) is 0.0909. The van der Waals surface area contributed by atoms with Gasteiger partial charge in [0, 0.05) is 42.5 Å². The first-order chi connectivity index (χ1) is 20.2. The van der Waals surface area contributed by atoms with Gasteiger partial charge in [-0.2, -0.15) is 0 Å². The van der Waals surface area contributed by atoms with Crippen LogP contribution in [0.5, 0.6) is 0 Å². The van der Waals surface area contributed by atoms with Crippen molar-refractivity contribution in [2.24, 2.45) is 7.05 Å². The Morgan fingerprint density at radius 3 is 2.51 bits per heavy atom. The fourth-order valence-electron chi connectivity index (χ4n) is 5.36. The van der Waals surface area contributed by atoms with E-state index in [1.54, 1.807) is 11.1 Å². The third-order valence-corrected chi connectivity index (χ3v) is 7.46. The van der Waals surface area contributed by atoms with Crippen LogP contribution in [0.4, 0.5) is 5.88 Å². The number of rotatable bonds is 8. The number of hydrogen-bond acceptors (Lipinski definition) is 5. The van der Waals surface area contributed by atoms with Crippen LogP contribution < -0.4 is 4.90 Å². The van der Waals surface area contributed by atoms with Gasteiger partial charge in [0.05, 0.1) is 22.9 Å². The molecule has 0 aliphatic heterocycles. The van der Waals surface area contributed by atoms with E-state index in [9.17, 15) is 4.79 Å². The summed E-state index contributed by atoms with van der Waals surface area (Å²) in [7, 11) is 1.97. The molecule has 0 unspecified atom stereocenters. The Morgan fingerprint density at radius 2 is 1.71 bits per heavy atom. The average molecular weight is 539 g/mol. The molecule has 8 heteroatoms. The number of imidazole rings is 2. The number of carbonyl (C=O) groups is 1. The molecule has 4 aromatic heterocycles. The Bertz CT molecular complexity index is 1940. The fourth-order valence-corrected chi connectivity index (χ4v) is 5.36. The highest BCUT2D eigenvalue weighted by Crippen LogP contribution is 2.34. The molecule has 0 saturated carbocycles. The van der Waals surface area contributed by atoms with E-state index in [1.165, 1.54) is 0 Å². The van der Waals surface area contributed by atoms with Gasteiger partial charge in [-0.3, -0.25) is 19.2 Å². The van der Waals surface area contributed by atoms with Gasteiger partial charge in [-0.15, -0.1) is 0 Å². The van der Waals surface area contributed by atoms with Gasteiger partial charge >= 0.3 is 0 Å². The van der Waals surface area contributed by atoms with Crippen molar-refractivity contribution in [1.29, 1.82) is 0 Å². The second-order valence-electron chi connectivity index (χ2n) is 9.89. The summed E-state index contributed by atoms with van der Waals surface area (Å²) in [6.07, 6.45) is 6.73. The smallest absolute Gasteiger partial charge is 0.217 e. The second-order valence-corrected chi connectivity index (χ2v) is 9.89. The molecule has 0 saturated heterocycles. The Labute approximate surface area is 236 Å². The van der Waals surface area contributed by atoms with Crippen LogP contribution in [-0.2, 0) is 18.3 Å². The highest BCUT2D eigenvalue weighted by atomic mass is 16.4. The van der Waals surface area contributed by atoms with Gasteiger partial charge in [-0.05, 0) is 48.0 Å². The summed E-state index contributed by atoms with van der Waals surface area (Å²) < 4.78 is 10.2. The summed E-state index contributed by atoms with van der Waals surface area (Å²) in [5.41, 5.74) is 6.55. The summed E-state index contributed by atoms with van der Waals surface area (Å²) >= 11 is 0. The standard InChI is InChI=1S/C33H26N6O2/c1-37-30(23-13-15-26(16-14-23)38-21-36-27-10-3-4-11-28(27)38)20-35-33(37)29(19-25-9-6-7-17-34-25)39(22-40)32-18-24-8-2-5-12-31(24)41-32/h2-18,20-22,29H,19H2,1H3/t29-/m0/s1. The zero-order chi connectivity index (χ0) is 27.8. The molecule has 0 spiro atoms. The lowest BCUT2D eigenvalue weighted by atomic mass is 10.1. The van der Waals surface area contributed by atoms with Gasteiger partial charge in [0.15, 0.2) is 0 Å². The van der Waals surface area contributed by atoms with E-state index in [0.717, 1.165) is 56.9 Å². The topological polar surface area (TPSA) is 82.0 Å². The van der Waals surface area contributed by atoms with Gasteiger partial charge in [-0.1, -0.05) is 48.5 Å². The van der Waals surface area contributed by atoms with Crippen molar-refractivity contribution in [2.75, 3.05) is 4.90 Å². The van der Waals surface area contributed by atoms with Gasteiger partial charge < -0.3 is 8.98 Å². The number of nitrogens with zero attached hydrogens (tertiary/aromatic N) is 6. The molecule has 3 aromatic carbocycles. The summed E-state index contributed by atoms with van der Waals surface area (Å²) in [4.78, 5) is 28.1. The molecule has 7 rings (SSSR count). The first kappa shape index (κ1) is 24.5. The molecule has 41 heavy (non-hydrogen) atoms. The monoisotopic (exact) mass is 538 g/mol. The van der Waals surface area contributed by atoms with Crippen LogP contribution >= 0.6 is 0 Å². The lowest BCUT2D eigenvalue weighted by Crippen LogP contribution is -2.31. The lowest BCUT2D eigenvalue weighted by Gasteiger charge is -2.26. The number of carbonyl (C=O) groups excluding carboxylic acids is 1. The van der Waals surface area contributed by atoms with E-state index < -0.39 is 6.04 Å². The quantitative estimate of drug-likeness (QED) is 0.206. The van der Waals surface area contributed by atoms with Crippen LogP contribution in [0, 0.1) is 0 Å². The van der Waals surface area contributed by atoms with E-state index >= 15 is 0 Å². The number of furan rings is 1. The molecule has 0 aliphatic carbocycles. The highest BCUT2D eigenvalue weighted by Gasteiger charge is 2.29. The molecule has 0 N–H and O–H groups in total. The van der Waals surface area contributed by atoms with Crippen LogP contribution in [0.25, 0.3) is 38.9 Å². The maximum Gasteiger partial charge on any atom is 0.217 e. The van der Waals surface area contributed by atoms with Crippen molar-refractivity contribution < 1.29 is 9.21 Å². The van der Waals surface area contributed by atoms with Crippen molar-refractivity contribution in [3.8, 4) is 16.9 Å². The summed E-state index contributed by atoms with van der Waals surface area (Å²) in [5, 5.41) is 0.928. The van der Waals surface area contributed by atoms with E-state index in [2.05, 4.69) is 44.9 Å². The first-order valence-electron chi connectivity index (χ1n) is 13.4. The third kappa shape index (κ3) is 4.45. The number of para-hydroxylation sites is 3. The molecule has 0 radical (unpaired) electrons. The van der Waals surface area contributed by atoms with Crippen LogP contribution in [0.15, 0.2) is 120 Å². The number of amides is 1. The van der Waals surface area contributed by atoms with Gasteiger partial charge in [0.2, 0.25) is 12.3 Å². The molecular weight excluding hydrogens is 512 g/mol. The number of pyridine rings is 1. The average Bonchev–Trinajstić information content (AvgIpc) is 3.74. The molecule has 1 amide bonds. The van der Waals surface area contributed by atoms with Crippen molar-refractivity contribution in [3.63, 3.8) is 0 Å². The Kier molecular flexibility index (Phi) is 6.13. The molecule has 0 bridgehead atoms. The molecule has 0 aliphatic rings. The van der Waals surface area contributed by atoms with E-state index in [0.29, 0.717) is 12.3 Å². The summed E-state index contributed by atoms with van der Waals surface area (Å²) in [6.45, 7) is 0. The zero-order valence-electron chi connectivity index (χ0n) is 22.3. The summed E-state index contributed by atoms with van der Waals surface area (Å²) in [5.74, 6) is 1.19. The first-order valence-corrected chi connectivity index (χ1v) is 13.4. The summed E-state index contributed by atoms with van der Waals surface area (Å²) in [6, 6.07) is 31.3. The second kappa shape index (κ2) is 10.2. The third-order valence-electron chi connectivity index (χ3n) is 7.46. The molecule has 7 aromatic rings. The zero-order valence-corrected chi connectivity index (χ0v) is 22.3. The highest BCUT2D eigenvalue weighted by molar-refractivity contribution is 5.85. The van der Waals surface area contributed by atoms with Gasteiger partial charge in [0.25, 0.3) is 0 Å². The van der Waals surface area contributed by atoms with E-state index in [4.69, 9.17) is 9.40 Å². The predicted octanol–water partition coefficient (Wildman–Crippen LogP) is 6.51. The van der Waals surface area contributed by atoms with Crippen molar-refractivity contribution in [1.82, 2.24) is 24.1 Å². The maximum atomic E-state index is 12.6. The van der Waals surface area contributed by atoms with E-state index in [-0.39, 0.29) is 0 Å². The minimum absolute atomic E-state index is 0.446. The molecule has 1 atom stereocenters. The van der Waals surface area contributed by atoms with Crippen molar-refractivity contribution in [3.05, 3.63) is 127 Å². The van der Waals surface area contributed by atoms with Crippen molar-refractivity contribution >= 4 is 34.3 Å². The molecule has 0 fully saturated rings. The predicted molar refractivity (Wildman–Crippen MR) is 159 cm³/mol. The van der Waals surface area contributed by atoms with Crippen LogP contribution in [0.2, 0.25) is 0 Å². The number of anilines is 1. The molecule has 4 heterocycles. The number of benzene rings is 3. The largest absolute Gasteiger partial charge is 0.440 e. The van der Waals surface area contributed by atoms with Crippen LogP contribution in [0.3, 0.4) is 0 Å². The molecule has 8 nitrogen and oxygen atoms in total. The normalized spacial score (nSPS) is 12.1.